The third-order valence-electron chi connectivity index (χ3n) is 9.94. The summed E-state index contributed by atoms with van der Waals surface area (Å²) in [6.45, 7) is 4.85. The molecule has 2 aliphatic rings. The Bertz CT molecular complexity index is 1390. The van der Waals surface area contributed by atoms with Crippen LogP contribution in [0.15, 0.2) is 48.5 Å². The first kappa shape index (κ1) is 36.0. The number of likely N-dealkylation sites (tertiary alicyclic amines) is 1. The third-order valence-corrected chi connectivity index (χ3v) is 9.94. The lowest BCUT2D eigenvalue weighted by Gasteiger charge is -2.57. The molecule has 0 amide bonds. The fraction of sp³-hybridized carbons (Fsp3) is 0.531. The molecule has 3 N–H and O–H groups in total. The van der Waals surface area contributed by atoms with Crippen LogP contribution in [0.5, 0.6) is 0 Å². The number of halogens is 2. The Morgan fingerprint density at radius 2 is 1.60 bits per heavy atom. The van der Waals surface area contributed by atoms with E-state index in [1.54, 1.807) is 19.9 Å². The minimum absolute atomic E-state index is 0. The number of ketones is 1. The average Bonchev–Trinajstić information content (AvgIpc) is 3.00. The number of piperidine rings is 2. The van der Waals surface area contributed by atoms with Gasteiger partial charge < -0.3 is 25.2 Å². The van der Waals surface area contributed by atoms with Gasteiger partial charge in [0.15, 0.2) is 5.78 Å². The van der Waals surface area contributed by atoms with E-state index in [0.29, 0.717) is 38.0 Å². The first-order chi connectivity index (χ1) is 20.9. The molecule has 2 fully saturated rings. The van der Waals surface area contributed by atoms with Gasteiger partial charge in [0.2, 0.25) is 0 Å². The van der Waals surface area contributed by atoms with Crippen molar-refractivity contribution in [2.75, 3.05) is 33.4 Å². The molecule has 2 aromatic rings. The second kappa shape index (κ2) is 14.8. The summed E-state index contributed by atoms with van der Waals surface area (Å²) in [5.74, 6) is -4.24. The summed E-state index contributed by atoms with van der Waals surface area (Å²) in [7, 11) is 1.44. The van der Waals surface area contributed by atoms with E-state index in [1.165, 1.54) is 49.6 Å². The number of nitrogens with zero attached hydrogens (tertiary/aromatic N) is 2. The Morgan fingerprint density at radius 1 is 1.02 bits per heavy atom. The molecule has 0 aromatic heterocycles. The summed E-state index contributed by atoms with van der Waals surface area (Å²) in [4.78, 5) is 53.0. The molecule has 0 spiro atoms. The highest BCUT2D eigenvalue weighted by Crippen LogP contribution is 2.58. The molecule has 2 saturated heterocycles. The molecule has 11 nitrogen and oxygen atoms in total. The Kier molecular flexibility index (Phi) is 11.8. The third kappa shape index (κ3) is 6.89. The molecule has 0 bridgehead atoms. The molecular weight excluding hydrogens is 609 g/mol. The summed E-state index contributed by atoms with van der Waals surface area (Å²) < 4.78 is 18.6. The molecule has 5 unspecified atom stereocenters. The largest absolute Gasteiger partial charge is 0.481 e. The molecule has 13 heteroatoms. The van der Waals surface area contributed by atoms with E-state index in [9.17, 15) is 39.1 Å². The number of nitrogens with one attached hydrogen (secondary N) is 1. The standard InChI is InChI=1S/C32H40FN3O8.ClH/c1-20-31(29(38)39,13-17-35-15-11-23(12-16-35)27(37)22-7-9-25(33)10-8-22)28(24-5-4-6-26(19-24)36(42)43)32(30(40)41,14-18-44-3)21(2)34-20;/h4-10,19-21,23,28,34H,11-18H2,1-3H3,(H,38,39)(H,40,41);1H. The molecule has 0 radical (unpaired) electrons. The maximum absolute atomic E-state index is 13.5. The lowest BCUT2D eigenvalue weighted by Crippen LogP contribution is -2.70. The van der Waals surface area contributed by atoms with E-state index in [-0.39, 0.29) is 54.8 Å². The van der Waals surface area contributed by atoms with Crippen molar-refractivity contribution in [2.24, 2.45) is 16.7 Å². The molecule has 0 aliphatic carbocycles. The van der Waals surface area contributed by atoms with Crippen LogP contribution in [0.25, 0.3) is 0 Å². The van der Waals surface area contributed by atoms with Crippen LogP contribution in [0.2, 0.25) is 0 Å². The van der Waals surface area contributed by atoms with Crippen LogP contribution in [0.3, 0.4) is 0 Å². The zero-order valence-electron chi connectivity index (χ0n) is 25.6. The molecule has 4 rings (SSSR count). The summed E-state index contributed by atoms with van der Waals surface area (Å²) in [6.07, 6.45) is 1.14. The number of nitro groups is 1. The predicted molar refractivity (Wildman–Crippen MR) is 166 cm³/mol. The average molecular weight is 650 g/mol. The fourth-order valence-electron chi connectivity index (χ4n) is 7.48. The van der Waals surface area contributed by atoms with Crippen molar-refractivity contribution >= 4 is 35.8 Å². The number of ether oxygens (including phenoxy) is 1. The number of methoxy groups -OCH3 is 1. The molecule has 45 heavy (non-hydrogen) atoms. The predicted octanol–water partition coefficient (Wildman–Crippen LogP) is 4.78. The number of nitro benzene ring substituents is 1. The zero-order chi connectivity index (χ0) is 32.2. The quantitative estimate of drug-likeness (QED) is 0.166. The van der Waals surface area contributed by atoms with E-state index >= 15 is 0 Å². The molecule has 246 valence electrons. The van der Waals surface area contributed by atoms with Gasteiger partial charge in [-0.25, -0.2) is 4.39 Å². The van der Waals surface area contributed by atoms with Crippen LogP contribution < -0.4 is 5.32 Å². The summed E-state index contributed by atoms with van der Waals surface area (Å²) in [6, 6.07) is 9.74. The van der Waals surface area contributed by atoms with Gasteiger partial charge in [-0.3, -0.25) is 24.5 Å². The SMILES string of the molecule is COCCC1(C(=O)O)C(C)NC(C)C(CCN2CCC(C(=O)c3ccc(F)cc3)CC2)(C(=O)O)C1c1cccc([N+](=O)[O-])c1.Cl. The summed E-state index contributed by atoms with van der Waals surface area (Å²) in [5, 5.41) is 36.8. The van der Waals surface area contributed by atoms with Crippen molar-refractivity contribution in [1.82, 2.24) is 10.2 Å². The Balaban J connectivity index is 0.00000552. The molecule has 5 atom stereocenters. The molecule has 0 saturated carbocycles. The number of Topliss-reactive ketones (excluding diaryl/α,β-unsaturated/α-hetero) is 1. The fourth-order valence-corrected chi connectivity index (χ4v) is 7.48. The number of carboxylic acid groups (broad SMARTS) is 2. The van der Waals surface area contributed by atoms with Crippen LogP contribution in [-0.4, -0.2) is 83.2 Å². The topological polar surface area (TPSA) is 159 Å². The van der Waals surface area contributed by atoms with Crippen molar-refractivity contribution in [3.8, 4) is 0 Å². The normalized spacial score (nSPS) is 27.3. The number of aliphatic carboxylic acids is 2. The second-order valence-corrected chi connectivity index (χ2v) is 12.1. The summed E-state index contributed by atoms with van der Waals surface area (Å²) >= 11 is 0. The van der Waals surface area contributed by atoms with E-state index in [2.05, 4.69) is 10.2 Å². The number of non-ortho nitro benzene ring substituents is 1. The van der Waals surface area contributed by atoms with Gasteiger partial charge in [-0.15, -0.1) is 12.4 Å². The molecule has 2 aromatic carbocycles. The Labute approximate surface area is 267 Å². The van der Waals surface area contributed by atoms with Gasteiger partial charge in [0.1, 0.15) is 5.82 Å². The lowest BCUT2D eigenvalue weighted by molar-refractivity contribution is -0.385. The monoisotopic (exact) mass is 649 g/mol. The van der Waals surface area contributed by atoms with Crippen LogP contribution in [0.4, 0.5) is 10.1 Å². The second-order valence-electron chi connectivity index (χ2n) is 12.1. The number of benzene rings is 2. The number of carboxylic acids is 2. The smallest absolute Gasteiger partial charge is 0.311 e. The lowest BCUT2D eigenvalue weighted by atomic mass is 9.49. The van der Waals surface area contributed by atoms with Gasteiger partial charge in [-0.2, -0.15) is 0 Å². The van der Waals surface area contributed by atoms with Gasteiger partial charge in [-0.1, -0.05) is 12.1 Å². The first-order valence-electron chi connectivity index (χ1n) is 14.9. The van der Waals surface area contributed by atoms with E-state index < -0.39 is 51.5 Å². The van der Waals surface area contributed by atoms with Gasteiger partial charge in [0, 0.05) is 55.3 Å². The number of hydrogen-bond donors (Lipinski definition) is 3. The minimum atomic E-state index is -1.66. The van der Waals surface area contributed by atoms with Crippen LogP contribution in [-0.2, 0) is 14.3 Å². The van der Waals surface area contributed by atoms with Gasteiger partial charge in [0.25, 0.3) is 5.69 Å². The van der Waals surface area contributed by atoms with Crippen molar-refractivity contribution < 1.29 is 38.6 Å². The van der Waals surface area contributed by atoms with Crippen molar-refractivity contribution in [3.63, 3.8) is 0 Å². The van der Waals surface area contributed by atoms with E-state index in [0.717, 1.165) is 0 Å². The van der Waals surface area contributed by atoms with Crippen molar-refractivity contribution in [3.05, 3.63) is 75.6 Å². The molecule has 2 heterocycles. The van der Waals surface area contributed by atoms with Crippen molar-refractivity contribution in [2.45, 2.75) is 57.5 Å². The Hall–Kier alpha value is -3.45. The van der Waals surface area contributed by atoms with Crippen molar-refractivity contribution in [1.29, 1.82) is 0 Å². The van der Waals surface area contributed by atoms with Gasteiger partial charge in [-0.05, 0) is 89.0 Å². The molecular formula is C32H41ClFN3O8. The zero-order valence-corrected chi connectivity index (χ0v) is 26.4. The van der Waals surface area contributed by atoms with E-state index in [4.69, 9.17) is 4.74 Å². The highest BCUT2D eigenvalue weighted by molar-refractivity contribution is 5.97. The van der Waals surface area contributed by atoms with Crippen LogP contribution in [0, 0.1) is 32.7 Å². The maximum atomic E-state index is 13.5. The number of carbonyl (C=O) groups excluding carboxylic acids is 1. The maximum Gasteiger partial charge on any atom is 0.311 e. The highest BCUT2D eigenvalue weighted by atomic mass is 35.5. The van der Waals surface area contributed by atoms with Crippen LogP contribution in [0.1, 0.15) is 61.4 Å². The Morgan fingerprint density at radius 3 is 2.13 bits per heavy atom. The minimum Gasteiger partial charge on any atom is -0.481 e. The summed E-state index contributed by atoms with van der Waals surface area (Å²) in [5.41, 5.74) is -2.84. The first-order valence-corrected chi connectivity index (χ1v) is 14.9. The highest BCUT2D eigenvalue weighted by Gasteiger charge is 2.66. The number of rotatable bonds is 12. The number of hydrogen-bond acceptors (Lipinski definition) is 8. The number of carbonyl (C=O) groups is 3. The van der Waals surface area contributed by atoms with Gasteiger partial charge in [0.05, 0.1) is 15.8 Å². The van der Waals surface area contributed by atoms with Crippen LogP contribution >= 0.6 is 12.4 Å². The molecule has 2 aliphatic heterocycles. The van der Waals surface area contributed by atoms with Gasteiger partial charge >= 0.3 is 11.9 Å². The van der Waals surface area contributed by atoms with E-state index in [1.807, 2.05) is 0 Å².